The molecule has 2 aliphatic rings. The summed E-state index contributed by atoms with van der Waals surface area (Å²) in [6, 6.07) is 12.4. The fourth-order valence-corrected chi connectivity index (χ4v) is 5.21. The van der Waals surface area contributed by atoms with Crippen LogP contribution in [-0.4, -0.2) is 74.8 Å². The minimum Gasteiger partial charge on any atom is -0.325 e. The van der Waals surface area contributed by atoms with Gasteiger partial charge in [0.1, 0.15) is 13.1 Å². The van der Waals surface area contributed by atoms with Crippen LogP contribution in [0.1, 0.15) is 5.69 Å². The van der Waals surface area contributed by atoms with Crippen LogP contribution in [0.25, 0.3) is 0 Å². The van der Waals surface area contributed by atoms with Crippen molar-refractivity contribution in [1.29, 1.82) is 0 Å². The van der Waals surface area contributed by atoms with Crippen LogP contribution in [0.3, 0.4) is 0 Å². The average Bonchev–Trinajstić information content (AvgIpc) is 3.41. The van der Waals surface area contributed by atoms with E-state index in [0.29, 0.717) is 34.6 Å². The zero-order valence-electron chi connectivity index (χ0n) is 17.8. The molecule has 2 saturated heterocycles. The summed E-state index contributed by atoms with van der Waals surface area (Å²) in [5.74, 6) is 1.26. The third-order valence-electron chi connectivity index (χ3n) is 5.12. The Kier molecular flexibility index (Phi) is 7.50. The molecule has 3 heterocycles. The Morgan fingerprint density at radius 3 is 2.18 bits per heavy atom. The lowest BCUT2D eigenvalue weighted by molar-refractivity contribution is -0.131. The molecule has 2 aliphatic heterocycles. The summed E-state index contributed by atoms with van der Waals surface area (Å²) in [6.07, 6.45) is 1.67. The molecule has 0 radical (unpaired) electrons. The number of thioether (sulfide) groups is 2. The lowest BCUT2D eigenvalue weighted by Gasteiger charge is -2.25. The molecule has 1 aromatic carbocycles. The highest BCUT2D eigenvalue weighted by molar-refractivity contribution is 8.00. The fraction of sp³-hybridized carbons (Fsp3) is 0.318. The van der Waals surface area contributed by atoms with Gasteiger partial charge >= 0.3 is 0 Å². The number of anilines is 2. The highest BCUT2D eigenvalue weighted by Crippen LogP contribution is 2.22. The van der Waals surface area contributed by atoms with E-state index in [-0.39, 0.29) is 43.3 Å². The third kappa shape index (κ3) is 6.05. The van der Waals surface area contributed by atoms with E-state index >= 15 is 0 Å². The minimum absolute atomic E-state index is 0.000963. The average molecular weight is 486 g/mol. The number of nitrogens with zero attached hydrogens (tertiary/aromatic N) is 4. The van der Waals surface area contributed by atoms with Crippen LogP contribution in [0.4, 0.5) is 11.4 Å². The van der Waals surface area contributed by atoms with Crippen LogP contribution in [-0.2, 0) is 25.7 Å². The summed E-state index contributed by atoms with van der Waals surface area (Å²) < 4.78 is 0. The molecule has 0 atom stereocenters. The van der Waals surface area contributed by atoms with Gasteiger partial charge in [-0.3, -0.25) is 24.2 Å². The van der Waals surface area contributed by atoms with E-state index in [1.807, 2.05) is 18.2 Å². The van der Waals surface area contributed by atoms with Crippen LogP contribution in [0.15, 0.2) is 48.7 Å². The molecule has 0 bridgehead atoms. The number of hydrogen-bond acceptors (Lipinski definition) is 7. The van der Waals surface area contributed by atoms with Crippen molar-refractivity contribution in [1.82, 2.24) is 14.8 Å². The van der Waals surface area contributed by atoms with E-state index in [1.165, 1.54) is 28.4 Å². The van der Waals surface area contributed by atoms with Crippen molar-refractivity contribution in [3.63, 3.8) is 0 Å². The van der Waals surface area contributed by atoms with Crippen molar-refractivity contribution in [2.45, 2.75) is 6.54 Å². The van der Waals surface area contributed by atoms with Crippen molar-refractivity contribution in [2.75, 3.05) is 46.6 Å². The molecular formula is C22H23N5O4S2. The summed E-state index contributed by atoms with van der Waals surface area (Å²) in [4.78, 5) is 58.0. The maximum absolute atomic E-state index is 13.1. The van der Waals surface area contributed by atoms with Crippen molar-refractivity contribution < 1.29 is 19.2 Å². The molecule has 1 N–H and O–H groups in total. The minimum atomic E-state index is -0.273. The molecule has 9 nitrogen and oxygen atoms in total. The highest BCUT2D eigenvalue weighted by atomic mass is 32.2. The van der Waals surface area contributed by atoms with Gasteiger partial charge in [-0.15, -0.1) is 23.5 Å². The Hall–Kier alpha value is -3.05. The van der Waals surface area contributed by atoms with Crippen LogP contribution >= 0.6 is 23.5 Å². The number of hydrogen-bond donors (Lipinski definition) is 1. The van der Waals surface area contributed by atoms with Crippen molar-refractivity contribution >= 4 is 58.5 Å². The molecule has 2 aromatic rings. The first-order valence-corrected chi connectivity index (χ1v) is 12.6. The van der Waals surface area contributed by atoms with Gasteiger partial charge in [-0.2, -0.15) is 0 Å². The standard InChI is InChI=1S/C22H23N5O4S2/c28-19(10-25-14-32-12-21(25)30)24-16-4-6-18(7-5-16)27(9-17-3-1-2-8-23-17)20(29)11-26-15-33-13-22(26)31/h1-8H,9-15H2,(H,24,28). The smallest absolute Gasteiger partial charge is 0.247 e. The van der Waals surface area contributed by atoms with E-state index in [4.69, 9.17) is 0 Å². The molecule has 0 unspecified atom stereocenters. The predicted molar refractivity (Wildman–Crippen MR) is 129 cm³/mol. The zero-order chi connectivity index (χ0) is 23.2. The van der Waals surface area contributed by atoms with E-state index in [1.54, 1.807) is 40.3 Å². The van der Waals surface area contributed by atoms with Crippen molar-refractivity contribution in [2.24, 2.45) is 0 Å². The molecule has 4 rings (SSSR count). The highest BCUT2D eigenvalue weighted by Gasteiger charge is 2.27. The second kappa shape index (κ2) is 10.7. The summed E-state index contributed by atoms with van der Waals surface area (Å²) in [5.41, 5.74) is 1.92. The molecule has 1 aromatic heterocycles. The first kappa shape index (κ1) is 23.1. The lowest BCUT2D eigenvalue weighted by atomic mass is 10.2. The number of pyridine rings is 1. The first-order chi connectivity index (χ1) is 16.0. The number of carbonyl (C=O) groups is 4. The molecule has 0 saturated carbocycles. The summed E-state index contributed by atoms with van der Waals surface area (Å²) in [5, 5.41) is 2.79. The maximum atomic E-state index is 13.1. The van der Waals surface area contributed by atoms with Gasteiger partial charge in [-0.05, 0) is 36.4 Å². The van der Waals surface area contributed by atoms with Crippen LogP contribution in [0.2, 0.25) is 0 Å². The quantitative estimate of drug-likeness (QED) is 0.606. The second-order valence-electron chi connectivity index (χ2n) is 7.53. The fourth-order valence-electron chi connectivity index (χ4n) is 3.40. The van der Waals surface area contributed by atoms with Gasteiger partial charge in [0.15, 0.2) is 0 Å². The van der Waals surface area contributed by atoms with Crippen molar-refractivity contribution in [3.05, 3.63) is 54.4 Å². The predicted octanol–water partition coefficient (Wildman–Crippen LogP) is 1.62. The lowest BCUT2D eigenvalue weighted by Crippen LogP contribution is -2.41. The third-order valence-corrected chi connectivity index (χ3v) is 7.01. The number of carbonyl (C=O) groups excluding carboxylic acids is 4. The second-order valence-corrected chi connectivity index (χ2v) is 9.44. The van der Waals surface area contributed by atoms with Crippen LogP contribution in [0, 0.1) is 0 Å². The molecule has 4 amide bonds. The number of aromatic nitrogens is 1. The first-order valence-electron chi connectivity index (χ1n) is 10.3. The molecular weight excluding hydrogens is 462 g/mol. The molecule has 0 aliphatic carbocycles. The number of rotatable bonds is 8. The molecule has 2 fully saturated rings. The topological polar surface area (TPSA) is 103 Å². The van der Waals surface area contributed by atoms with Gasteiger partial charge in [0.2, 0.25) is 23.6 Å². The molecule has 11 heteroatoms. The Morgan fingerprint density at radius 1 is 0.939 bits per heavy atom. The summed E-state index contributed by atoms with van der Waals surface area (Å²) >= 11 is 2.98. The largest absolute Gasteiger partial charge is 0.325 e. The zero-order valence-corrected chi connectivity index (χ0v) is 19.4. The SMILES string of the molecule is O=C(CN1CSCC1=O)Nc1ccc(N(Cc2ccccn2)C(=O)CN2CSCC2=O)cc1. The Balaban J connectivity index is 1.45. The van der Waals surface area contributed by atoms with Gasteiger partial charge in [0.05, 0.1) is 35.5 Å². The normalized spacial score (nSPS) is 15.8. The van der Waals surface area contributed by atoms with Crippen LogP contribution in [0.5, 0.6) is 0 Å². The monoisotopic (exact) mass is 485 g/mol. The van der Waals surface area contributed by atoms with Crippen molar-refractivity contribution in [3.8, 4) is 0 Å². The number of benzene rings is 1. The molecule has 172 valence electrons. The Labute approximate surface area is 199 Å². The molecule has 33 heavy (non-hydrogen) atoms. The van der Waals surface area contributed by atoms with Gasteiger partial charge in [-0.1, -0.05) is 6.07 Å². The van der Waals surface area contributed by atoms with Gasteiger partial charge in [0, 0.05) is 17.6 Å². The van der Waals surface area contributed by atoms with E-state index < -0.39 is 0 Å². The van der Waals surface area contributed by atoms with E-state index in [2.05, 4.69) is 10.3 Å². The Bertz CT molecular complexity index is 1030. The summed E-state index contributed by atoms with van der Waals surface area (Å²) in [7, 11) is 0. The van der Waals surface area contributed by atoms with E-state index in [9.17, 15) is 19.2 Å². The van der Waals surface area contributed by atoms with Gasteiger partial charge < -0.3 is 20.0 Å². The Morgan fingerprint density at radius 2 is 1.61 bits per heavy atom. The molecule has 0 spiro atoms. The van der Waals surface area contributed by atoms with Crippen LogP contribution < -0.4 is 10.2 Å². The summed E-state index contributed by atoms with van der Waals surface area (Å²) in [6.45, 7) is 0.272. The number of amides is 4. The van der Waals surface area contributed by atoms with Gasteiger partial charge in [0.25, 0.3) is 0 Å². The maximum Gasteiger partial charge on any atom is 0.247 e. The number of nitrogens with one attached hydrogen (secondary N) is 1. The van der Waals surface area contributed by atoms with Gasteiger partial charge in [-0.25, -0.2) is 0 Å². The van der Waals surface area contributed by atoms with E-state index in [0.717, 1.165) is 5.69 Å².